The second-order valence-corrected chi connectivity index (χ2v) is 6.74. The van der Waals surface area contributed by atoms with Gasteiger partial charge in [0.2, 0.25) is 5.91 Å². The Hall–Kier alpha value is -0.910. The van der Waals surface area contributed by atoms with Crippen LogP contribution in [-0.2, 0) is 11.3 Å². The first-order chi connectivity index (χ1) is 10.0. The van der Waals surface area contributed by atoms with Crippen molar-refractivity contribution in [3.8, 4) is 0 Å². The van der Waals surface area contributed by atoms with Crippen molar-refractivity contribution in [2.24, 2.45) is 0 Å². The van der Waals surface area contributed by atoms with Gasteiger partial charge >= 0.3 is 0 Å². The lowest BCUT2D eigenvalue weighted by molar-refractivity contribution is -0.129. The molecule has 0 aliphatic carbocycles. The van der Waals surface area contributed by atoms with E-state index in [1.54, 1.807) is 4.90 Å². The van der Waals surface area contributed by atoms with Crippen molar-refractivity contribution in [3.05, 3.63) is 34.3 Å². The molecule has 0 spiro atoms. The van der Waals surface area contributed by atoms with Crippen molar-refractivity contribution in [1.82, 2.24) is 14.7 Å². The van der Waals surface area contributed by atoms with Crippen molar-refractivity contribution >= 4 is 21.8 Å². The van der Waals surface area contributed by atoms with Crippen LogP contribution < -0.4 is 0 Å². The molecule has 1 aliphatic heterocycles. The number of hydrogen-bond acceptors (Lipinski definition) is 3. The van der Waals surface area contributed by atoms with E-state index in [-0.39, 0.29) is 5.91 Å². The van der Waals surface area contributed by atoms with Crippen LogP contribution in [0.2, 0.25) is 0 Å². The molecule has 2 rings (SSSR count). The van der Waals surface area contributed by atoms with Crippen LogP contribution in [0.25, 0.3) is 0 Å². The maximum atomic E-state index is 11.8. The third kappa shape index (κ3) is 5.41. The SMILES string of the molecule is CN(C)C(=O)CN1CCCN(Cc2cccc(Br)c2)CC1. The molecular weight excluding hydrogens is 330 g/mol. The Balaban J connectivity index is 1.84. The number of likely N-dealkylation sites (N-methyl/N-ethyl adjacent to an activating group) is 1. The highest BCUT2D eigenvalue weighted by molar-refractivity contribution is 9.10. The molecule has 116 valence electrons. The largest absolute Gasteiger partial charge is 0.348 e. The van der Waals surface area contributed by atoms with Crippen LogP contribution in [-0.4, -0.2) is 67.4 Å². The van der Waals surface area contributed by atoms with Gasteiger partial charge in [0.05, 0.1) is 6.54 Å². The van der Waals surface area contributed by atoms with E-state index < -0.39 is 0 Å². The van der Waals surface area contributed by atoms with Crippen LogP contribution in [0.15, 0.2) is 28.7 Å². The topological polar surface area (TPSA) is 26.8 Å². The zero-order chi connectivity index (χ0) is 15.2. The molecule has 1 aliphatic rings. The van der Waals surface area contributed by atoms with Gasteiger partial charge in [0, 0.05) is 38.2 Å². The molecule has 0 saturated carbocycles. The molecule has 0 N–H and O–H groups in total. The minimum absolute atomic E-state index is 0.190. The van der Waals surface area contributed by atoms with Gasteiger partial charge in [0.15, 0.2) is 0 Å². The maximum Gasteiger partial charge on any atom is 0.236 e. The highest BCUT2D eigenvalue weighted by Crippen LogP contribution is 2.14. The van der Waals surface area contributed by atoms with Gasteiger partial charge in [-0.1, -0.05) is 28.1 Å². The molecule has 5 heteroatoms. The van der Waals surface area contributed by atoms with Gasteiger partial charge in [-0.3, -0.25) is 14.6 Å². The van der Waals surface area contributed by atoms with E-state index in [1.165, 1.54) is 5.56 Å². The van der Waals surface area contributed by atoms with E-state index in [4.69, 9.17) is 0 Å². The second kappa shape index (κ2) is 7.92. The van der Waals surface area contributed by atoms with Crippen LogP contribution in [0.3, 0.4) is 0 Å². The van der Waals surface area contributed by atoms with Gasteiger partial charge in [-0.25, -0.2) is 0 Å². The summed E-state index contributed by atoms with van der Waals surface area (Å²) in [6.07, 6.45) is 1.12. The van der Waals surface area contributed by atoms with Gasteiger partial charge in [-0.15, -0.1) is 0 Å². The summed E-state index contributed by atoms with van der Waals surface area (Å²) in [4.78, 5) is 18.2. The van der Waals surface area contributed by atoms with Crippen LogP contribution in [0, 0.1) is 0 Å². The normalized spacial score (nSPS) is 17.5. The molecule has 0 bridgehead atoms. The Bertz CT molecular complexity index is 478. The molecule has 0 unspecified atom stereocenters. The predicted octanol–water partition coefficient (Wildman–Crippen LogP) is 2.04. The summed E-state index contributed by atoms with van der Waals surface area (Å²) < 4.78 is 1.13. The lowest BCUT2D eigenvalue weighted by atomic mass is 10.2. The highest BCUT2D eigenvalue weighted by atomic mass is 79.9. The molecule has 1 heterocycles. The van der Waals surface area contributed by atoms with Crippen molar-refractivity contribution in [1.29, 1.82) is 0 Å². The lowest BCUT2D eigenvalue weighted by Gasteiger charge is -2.22. The number of amides is 1. The fraction of sp³-hybridized carbons (Fsp3) is 0.562. The number of hydrogen-bond donors (Lipinski definition) is 0. The molecule has 1 amide bonds. The van der Waals surface area contributed by atoms with E-state index in [9.17, 15) is 4.79 Å². The van der Waals surface area contributed by atoms with Crippen molar-refractivity contribution in [3.63, 3.8) is 0 Å². The third-order valence-corrected chi connectivity index (χ3v) is 4.33. The summed E-state index contributed by atoms with van der Waals surface area (Å²) in [5.74, 6) is 0.190. The average Bonchev–Trinajstić information content (AvgIpc) is 2.64. The summed E-state index contributed by atoms with van der Waals surface area (Å²) in [7, 11) is 3.64. The zero-order valence-corrected chi connectivity index (χ0v) is 14.5. The molecule has 0 radical (unpaired) electrons. The van der Waals surface area contributed by atoms with Gasteiger partial charge in [0.1, 0.15) is 0 Å². The van der Waals surface area contributed by atoms with Crippen LogP contribution in [0.4, 0.5) is 0 Å². The van der Waals surface area contributed by atoms with Gasteiger partial charge in [0.25, 0.3) is 0 Å². The third-order valence-electron chi connectivity index (χ3n) is 3.83. The summed E-state index contributed by atoms with van der Waals surface area (Å²) in [5.41, 5.74) is 1.34. The maximum absolute atomic E-state index is 11.8. The van der Waals surface area contributed by atoms with E-state index in [0.717, 1.165) is 43.6 Å². The molecule has 0 atom stereocenters. The lowest BCUT2D eigenvalue weighted by Crippen LogP contribution is -2.38. The number of nitrogens with zero attached hydrogens (tertiary/aromatic N) is 3. The van der Waals surface area contributed by atoms with E-state index in [0.29, 0.717) is 6.54 Å². The van der Waals surface area contributed by atoms with Crippen molar-refractivity contribution < 1.29 is 4.79 Å². The predicted molar refractivity (Wildman–Crippen MR) is 89.2 cm³/mol. The van der Waals surface area contributed by atoms with E-state index in [2.05, 4.69) is 50.0 Å². The van der Waals surface area contributed by atoms with Crippen LogP contribution >= 0.6 is 15.9 Å². The van der Waals surface area contributed by atoms with E-state index >= 15 is 0 Å². The Labute approximate surface area is 135 Å². The Morgan fingerprint density at radius 3 is 2.62 bits per heavy atom. The summed E-state index contributed by atoms with van der Waals surface area (Å²) in [6.45, 7) is 5.61. The molecule has 21 heavy (non-hydrogen) atoms. The Morgan fingerprint density at radius 1 is 1.19 bits per heavy atom. The first-order valence-electron chi connectivity index (χ1n) is 7.44. The number of benzene rings is 1. The average molecular weight is 354 g/mol. The highest BCUT2D eigenvalue weighted by Gasteiger charge is 2.17. The molecule has 4 nitrogen and oxygen atoms in total. The van der Waals surface area contributed by atoms with Gasteiger partial charge < -0.3 is 4.90 Å². The second-order valence-electron chi connectivity index (χ2n) is 5.82. The summed E-state index contributed by atoms with van der Waals surface area (Å²) in [6, 6.07) is 8.49. The molecule has 0 aromatic heterocycles. The van der Waals surface area contributed by atoms with Crippen LogP contribution in [0.5, 0.6) is 0 Å². The summed E-state index contributed by atoms with van der Waals surface area (Å²) >= 11 is 3.52. The minimum atomic E-state index is 0.190. The number of halogens is 1. The Kier molecular flexibility index (Phi) is 6.21. The molecule has 1 fully saturated rings. The standard InChI is InChI=1S/C16H24BrN3O/c1-18(2)16(21)13-20-8-4-7-19(9-10-20)12-14-5-3-6-15(17)11-14/h3,5-6,11H,4,7-10,12-13H2,1-2H3. The Morgan fingerprint density at radius 2 is 1.90 bits per heavy atom. The van der Waals surface area contributed by atoms with Gasteiger partial charge in [-0.2, -0.15) is 0 Å². The summed E-state index contributed by atoms with van der Waals surface area (Å²) in [5, 5.41) is 0. The molecular formula is C16H24BrN3O. The smallest absolute Gasteiger partial charge is 0.236 e. The number of carbonyl (C=O) groups excluding carboxylic acids is 1. The molecule has 1 aromatic carbocycles. The first kappa shape index (κ1) is 16.5. The fourth-order valence-corrected chi connectivity index (χ4v) is 3.01. The van der Waals surface area contributed by atoms with Crippen molar-refractivity contribution in [2.45, 2.75) is 13.0 Å². The van der Waals surface area contributed by atoms with E-state index in [1.807, 2.05) is 14.1 Å². The quantitative estimate of drug-likeness (QED) is 0.828. The molecule has 1 aromatic rings. The number of rotatable bonds is 4. The molecule has 1 saturated heterocycles. The fourth-order valence-electron chi connectivity index (χ4n) is 2.57. The van der Waals surface area contributed by atoms with Crippen LogP contribution in [0.1, 0.15) is 12.0 Å². The van der Waals surface area contributed by atoms with Crippen molar-refractivity contribution in [2.75, 3.05) is 46.8 Å². The van der Waals surface area contributed by atoms with Gasteiger partial charge in [-0.05, 0) is 37.2 Å². The minimum Gasteiger partial charge on any atom is -0.348 e. The zero-order valence-electron chi connectivity index (χ0n) is 12.9. The monoisotopic (exact) mass is 353 g/mol. The number of carbonyl (C=O) groups is 1. The first-order valence-corrected chi connectivity index (χ1v) is 8.23.